The van der Waals surface area contributed by atoms with Crippen LogP contribution in [0.2, 0.25) is 0 Å². The van der Waals surface area contributed by atoms with Gasteiger partial charge in [-0.3, -0.25) is 4.79 Å². The molecule has 82 valence electrons. The highest BCUT2D eigenvalue weighted by Crippen LogP contribution is 2.02. The molecule has 0 saturated heterocycles. The van der Waals surface area contributed by atoms with Crippen molar-refractivity contribution in [3.05, 3.63) is 29.8 Å². The van der Waals surface area contributed by atoms with Gasteiger partial charge in [-0.05, 0) is 30.6 Å². The van der Waals surface area contributed by atoms with E-state index in [2.05, 4.69) is 10.3 Å². The van der Waals surface area contributed by atoms with E-state index in [1.54, 1.807) is 17.8 Å². The molecule has 1 N–H and O–H groups in total. The Hall–Kier alpha value is -1.10. The maximum absolute atomic E-state index is 13.0. The van der Waals surface area contributed by atoms with E-state index in [9.17, 15) is 9.18 Å². The summed E-state index contributed by atoms with van der Waals surface area (Å²) < 4.78 is 13.0. The molecule has 0 bridgehead atoms. The minimum absolute atomic E-state index is 0.00153. The summed E-state index contributed by atoms with van der Waals surface area (Å²) >= 11 is 1.71. The zero-order chi connectivity index (χ0) is 11.1. The highest BCUT2D eigenvalue weighted by molar-refractivity contribution is 7.98. The van der Waals surface area contributed by atoms with E-state index < -0.39 is 11.9 Å². The average molecular weight is 228 g/mol. The molecule has 3 nitrogen and oxygen atoms in total. The zero-order valence-corrected chi connectivity index (χ0v) is 9.31. The van der Waals surface area contributed by atoms with E-state index in [-0.39, 0.29) is 5.56 Å². The quantitative estimate of drug-likeness (QED) is 0.616. The SMILES string of the molecule is CSCCCNC(=O)c1cccnc1F. The monoisotopic (exact) mass is 228 g/mol. The lowest BCUT2D eigenvalue weighted by atomic mass is 10.2. The molecule has 1 aromatic rings. The largest absolute Gasteiger partial charge is 0.352 e. The summed E-state index contributed by atoms with van der Waals surface area (Å²) in [5, 5.41) is 2.64. The summed E-state index contributed by atoms with van der Waals surface area (Å²) in [5.41, 5.74) is 0.00153. The van der Waals surface area contributed by atoms with Gasteiger partial charge in [0.2, 0.25) is 5.95 Å². The molecular formula is C10H13FN2OS. The van der Waals surface area contributed by atoms with E-state index in [0.29, 0.717) is 6.54 Å². The average Bonchev–Trinajstić information content (AvgIpc) is 2.25. The second-order valence-corrected chi connectivity index (χ2v) is 3.93. The predicted octanol–water partition coefficient (Wildman–Crippen LogP) is 1.70. The number of halogens is 1. The molecule has 0 unspecified atom stereocenters. The molecule has 0 radical (unpaired) electrons. The van der Waals surface area contributed by atoms with Gasteiger partial charge in [-0.15, -0.1) is 0 Å². The van der Waals surface area contributed by atoms with Crippen molar-refractivity contribution in [1.29, 1.82) is 0 Å². The minimum atomic E-state index is -0.722. The Morgan fingerprint density at radius 2 is 2.47 bits per heavy atom. The fourth-order valence-electron chi connectivity index (χ4n) is 1.07. The standard InChI is InChI=1S/C10H13FN2OS/c1-15-7-3-6-13-10(14)8-4-2-5-12-9(8)11/h2,4-5H,3,6-7H2,1H3,(H,13,14). The molecule has 0 aliphatic rings. The number of amides is 1. The number of nitrogens with one attached hydrogen (secondary N) is 1. The fraction of sp³-hybridized carbons (Fsp3) is 0.400. The number of hydrogen-bond acceptors (Lipinski definition) is 3. The van der Waals surface area contributed by atoms with Gasteiger partial charge in [-0.1, -0.05) is 0 Å². The van der Waals surface area contributed by atoms with E-state index >= 15 is 0 Å². The van der Waals surface area contributed by atoms with Crippen molar-refractivity contribution in [2.24, 2.45) is 0 Å². The van der Waals surface area contributed by atoms with Crippen molar-refractivity contribution in [3.8, 4) is 0 Å². The van der Waals surface area contributed by atoms with Gasteiger partial charge in [0.05, 0.1) is 5.56 Å². The third kappa shape index (κ3) is 3.87. The summed E-state index contributed by atoms with van der Waals surface area (Å²) in [4.78, 5) is 14.8. The van der Waals surface area contributed by atoms with E-state index in [1.165, 1.54) is 12.3 Å². The number of carbonyl (C=O) groups is 1. The van der Waals surface area contributed by atoms with Crippen molar-refractivity contribution < 1.29 is 9.18 Å². The van der Waals surface area contributed by atoms with Gasteiger partial charge in [0, 0.05) is 12.7 Å². The van der Waals surface area contributed by atoms with Gasteiger partial charge in [-0.25, -0.2) is 4.98 Å². The topological polar surface area (TPSA) is 42.0 Å². The summed E-state index contributed by atoms with van der Waals surface area (Å²) in [6.45, 7) is 0.563. The molecule has 0 spiro atoms. The van der Waals surface area contributed by atoms with E-state index in [1.807, 2.05) is 6.26 Å². The Balaban J connectivity index is 2.44. The number of thioether (sulfide) groups is 1. The molecule has 0 aliphatic heterocycles. The number of pyridine rings is 1. The van der Waals surface area contributed by atoms with Crippen molar-refractivity contribution in [2.75, 3.05) is 18.6 Å². The fourth-order valence-corrected chi connectivity index (χ4v) is 1.50. The van der Waals surface area contributed by atoms with Crippen molar-refractivity contribution >= 4 is 17.7 Å². The molecule has 0 saturated carbocycles. The number of nitrogens with zero attached hydrogens (tertiary/aromatic N) is 1. The van der Waals surface area contributed by atoms with Crippen LogP contribution in [0.25, 0.3) is 0 Å². The van der Waals surface area contributed by atoms with Crippen LogP contribution in [0, 0.1) is 5.95 Å². The Morgan fingerprint density at radius 1 is 1.67 bits per heavy atom. The molecule has 0 fully saturated rings. The third-order valence-corrected chi connectivity index (χ3v) is 2.51. The Morgan fingerprint density at radius 3 is 3.13 bits per heavy atom. The molecular weight excluding hydrogens is 215 g/mol. The first-order valence-electron chi connectivity index (χ1n) is 4.63. The molecule has 0 aromatic carbocycles. The third-order valence-electron chi connectivity index (χ3n) is 1.81. The zero-order valence-electron chi connectivity index (χ0n) is 8.50. The van der Waals surface area contributed by atoms with E-state index in [4.69, 9.17) is 0 Å². The first-order chi connectivity index (χ1) is 7.25. The molecule has 1 heterocycles. The molecule has 0 aliphatic carbocycles. The summed E-state index contributed by atoms with van der Waals surface area (Å²) in [6, 6.07) is 2.96. The van der Waals surface area contributed by atoms with Crippen LogP contribution in [0.5, 0.6) is 0 Å². The minimum Gasteiger partial charge on any atom is -0.352 e. The van der Waals surface area contributed by atoms with Crippen LogP contribution in [0.4, 0.5) is 4.39 Å². The number of rotatable bonds is 5. The van der Waals surface area contributed by atoms with Gasteiger partial charge in [0.15, 0.2) is 0 Å². The van der Waals surface area contributed by atoms with Crippen LogP contribution in [0.3, 0.4) is 0 Å². The van der Waals surface area contributed by atoms with Crippen molar-refractivity contribution in [3.63, 3.8) is 0 Å². The van der Waals surface area contributed by atoms with Crippen LogP contribution in [0.15, 0.2) is 18.3 Å². The Bertz CT molecular complexity index is 333. The first-order valence-corrected chi connectivity index (χ1v) is 6.02. The lowest BCUT2D eigenvalue weighted by Gasteiger charge is -2.04. The molecule has 1 rings (SSSR count). The van der Waals surface area contributed by atoms with Crippen molar-refractivity contribution in [1.82, 2.24) is 10.3 Å². The van der Waals surface area contributed by atoms with Crippen molar-refractivity contribution in [2.45, 2.75) is 6.42 Å². The van der Waals surface area contributed by atoms with Gasteiger partial charge >= 0.3 is 0 Å². The van der Waals surface area contributed by atoms with Crippen LogP contribution < -0.4 is 5.32 Å². The molecule has 1 aromatic heterocycles. The molecule has 1 amide bonds. The highest BCUT2D eigenvalue weighted by Gasteiger charge is 2.10. The van der Waals surface area contributed by atoms with Crippen LogP contribution in [-0.4, -0.2) is 29.4 Å². The number of hydrogen-bond donors (Lipinski definition) is 1. The van der Waals surface area contributed by atoms with Crippen LogP contribution in [0.1, 0.15) is 16.8 Å². The maximum Gasteiger partial charge on any atom is 0.255 e. The molecule has 5 heteroatoms. The number of aromatic nitrogens is 1. The van der Waals surface area contributed by atoms with E-state index in [0.717, 1.165) is 12.2 Å². The second-order valence-electron chi connectivity index (χ2n) is 2.94. The summed E-state index contributed by atoms with van der Waals surface area (Å²) in [6.07, 6.45) is 4.21. The maximum atomic E-state index is 13.0. The highest BCUT2D eigenvalue weighted by atomic mass is 32.2. The molecule has 0 atom stereocenters. The predicted molar refractivity (Wildman–Crippen MR) is 59.5 cm³/mol. The van der Waals surface area contributed by atoms with Crippen LogP contribution in [-0.2, 0) is 0 Å². The molecule has 15 heavy (non-hydrogen) atoms. The normalized spacial score (nSPS) is 10.0. The van der Waals surface area contributed by atoms with Gasteiger partial charge in [0.1, 0.15) is 0 Å². The van der Waals surface area contributed by atoms with Crippen LogP contribution >= 0.6 is 11.8 Å². The van der Waals surface area contributed by atoms with Gasteiger partial charge in [0.25, 0.3) is 5.91 Å². The summed E-state index contributed by atoms with van der Waals surface area (Å²) in [7, 11) is 0. The Labute approximate surface area is 92.5 Å². The second kappa shape index (κ2) is 6.40. The summed E-state index contributed by atoms with van der Waals surface area (Å²) in [5.74, 6) is -0.142. The Kier molecular flexibility index (Phi) is 5.10. The van der Waals surface area contributed by atoms with Gasteiger partial charge in [-0.2, -0.15) is 16.2 Å². The van der Waals surface area contributed by atoms with Gasteiger partial charge < -0.3 is 5.32 Å². The lowest BCUT2D eigenvalue weighted by Crippen LogP contribution is -2.25. The smallest absolute Gasteiger partial charge is 0.255 e. The first kappa shape index (κ1) is 12.0. The lowest BCUT2D eigenvalue weighted by molar-refractivity contribution is 0.0949. The number of carbonyl (C=O) groups excluding carboxylic acids is 1.